The van der Waals surface area contributed by atoms with Gasteiger partial charge in [0.2, 0.25) is 5.91 Å². The van der Waals surface area contributed by atoms with Crippen LogP contribution in [0.1, 0.15) is 41.7 Å². The summed E-state index contributed by atoms with van der Waals surface area (Å²) in [5, 5.41) is 2.14. The molecule has 170 valence electrons. The molecule has 2 aliphatic heterocycles. The Hall–Kier alpha value is -3.18. The highest BCUT2D eigenvalue weighted by atomic mass is 16.2. The first-order valence-corrected chi connectivity index (χ1v) is 11.9. The van der Waals surface area contributed by atoms with Crippen LogP contribution < -0.4 is 0 Å². The van der Waals surface area contributed by atoms with Crippen molar-refractivity contribution in [3.05, 3.63) is 71.8 Å². The molecular formula is C28H31N3O2. The minimum Gasteiger partial charge on any atom is -0.342 e. The van der Waals surface area contributed by atoms with Crippen molar-refractivity contribution in [3.8, 4) is 11.1 Å². The number of fused-ring (bicyclic) bond motifs is 1. The van der Waals surface area contributed by atoms with Gasteiger partial charge in [0.25, 0.3) is 5.91 Å². The molecule has 33 heavy (non-hydrogen) atoms. The Balaban J connectivity index is 1.38. The molecule has 2 heterocycles. The average Bonchev–Trinajstić information content (AvgIpc) is 3.39. The fourth-order valence-electron chi connectivity index (χ4n) is 4.99. The molecule has 5 heteroatoms. The number of hydrogen-bond acceptors (Lipinski definition) is 3. The predicted octanol–water partition coefficient (Wildman–Crippen LogP) is 4.58. The molecule has 5 rings (SSSR count). The van der Waals surface area contributed by atoms with Gasteiger partial charge in [-0.25, -0.2) is 0 Å². The van der Waals surface area contributed by atoms with E-state index in [1.165, 1.54) is 42.6 Å². The quantitative estimate of drug-likeness (QED) is 0.595. The van der Waals surface area contributed by atoms with E-state index in [1.54, 1.807) is 16.8 Å². The molecule has 1 unspecified atom stereocenters. The van der Waals surface area contributed by atoms with E-state index in [4.69, 9.17) is 0 Å². The van der Waals surface area contributed by atoms with Crippen LogP contribution in [0.25, 0.3) is 21.9 Å². The SMILES string of the molecule is CC(c1cccc(-c2ccc3cc(C(=O)N4CCN(C)C(=O)C4)ccc3c2)c1)N1CCCC1. The number of hydrogen-bond donors (Lipinski definition) is 0. The highest BCUT2D eigenvalue weighted by Crippen LogP contribution is 2.30. The Morgan fingerprint density at radius 2 is 1.58 bits per heavy atom. The van der Waals surface area contributed by atoms with Crippen molar-refractivity contribution in [2.24, 2.45) is 0 Å². The van der Waals surface area contributed by atoms with Crippen LogP contribution in [0.4, 0.5) is 0 Å². The summed E-state index contributed by atoms with van der Waals surface area (Å²) in [6.07, 6.45) is 2.59. The molecular weight excluding hydrogens is 410 g/mol. The molecule has 3 aromatic carbocycles. The first-order chi connectivity index (χ1) is 16.0. The van der Waals surface area contributed by atoms with Crippen molar-refractivity contribution in [1.29, 1.82) is 0 Å². The number of nitrogens with zero attached hydrogens (tertiary/aromatic N) is 3. The molecule has 0 N–H and O–H groups in total. The monoisotopic (exact) mass is 441 g/mol. The van der Waals surface area contributed by atoms with Crippen LogP contribution in [0.5, 0.6) is 0 Å². The molecule has 2 aliphatic rings. The van der Waals surface area contributed by atoms with Gasteiger partial charge in [-0.15, -0.1) is 0 Å². The van der Waals surface area contributed by atoms with Crippen LogP contribution in [-0.4, -0.2) is 66.3 Å². The maximum atomic E-state index is 12.9. The van der Waals surface area contributed by atoms with Crippen LogP contribution in [0.15, 0.2) is 60.7 Å². The Labute approximate surface area is 195 Å². The zero-order valence-electron chi connectivity index (χ0n) is 19.5. The van der Waals surface area contributed by atoms with Gasteiger partial charge in [-0.2, -0.15) is 0 Å². The van der Waals surface area contributed by atoms with Crippen molar-refractivity contribution >= 4 is 22.6 Å². The predicted molar refractivity (Wildman–Crippen MR) is 132 cm³/mol. The highest BCUT2D eigenvalue weighted by Gasteiger charge is 2.25. The van der Waals surface area contributed by atoms with Gasteiger partial charge in [0.15, 0.2) is 0 Å². The fourth-order valence-corrected chi connectivity index (χ4v) is 4.99. The van der Waals surface area contributed by atoms with Gasteiger partial charge in [0.1, 0.15) is 6.54 Å². The minimum absolute atomic E-state index is 0.0127. The maximum Gasteiger partial charge on any atom is 0.254 e. The van der Waals surface area contributed by atoms with Gasteiger partial charge in [0, 0.05) is 31.7 Å². The number of likely N-dealkylation sites (tertiary alicyclic amines) is 1. The lowest BCUT2D eigenvalue weighted by atomic mass is 9.97. The molecule has 5 nitrogen and oxygen atoms in total. The van der Waals surface area contributed by atoms with Crippen molar-refractivity contribution < 1.29 is 9.59 Å². The highest BCUT2D eigenvalue weighted by molar-refractivity contribution is 6.01. The van der Waals surface area contributed by atoms with Crippen LogP contribution in [0.2, 0.25) is 0 Å². The van der Waals surface area contributed by atoms with E-state index >= 15 is 0 Å². The second-order valence-electron chi connectivity index (χ2n) is 9.36. The summed E-state index contributed by atoms with van der Waals surface area (Å²) in [6.45, 7) is 5.98. The third-order valence-electron chi connectivity index (χ3n) is 7.22. The van der Waals surface area contributed by atoms with Crippen molar-refractivity contribution in [1.82, 2.24) is 14.7 Å². The van der Waals surface area contributed by atoms with E-state index in [1.807, 2.05) is 18.2 Å². The third kappa shape index (κ3) is 4.38. The third-order valence-corrected chi connectivity index (χ3v) is 7.22. The van der Waals surface area contributed by atoms with E-state index in [0.717, 1.165) is 10.8 Å². The lowest BCUT2D eigenvalue weighted by Crippen LogP contribution is -2.50. The fraction of sp³-hybridized carbons (Fsp3) is 0.357. The standard InChI is InChI=1S/C28H31N3O2/c1-20(30-12-3-4-13-30)21-6-5-7-22(16-21)23-8-9-25-18-26(11-10-24(25)17-23)28(33)31-15-14-29(2)27(32)19-31/h5-11,16-18,20H,3-4,12-15,19H2,1-2H3. The second kappa shape index (κ2) is 8.99. The molecule has 0 bridgehead atoms. The Morgan fingerprint density at radius 1 is 0.848 bits per heavy atom. The lowest BCUT2D eigenvalue weighted by molar-refractivity contribution is -0.133. The van der Waals surface area contributed by atoms with Crippen molar-refractivity contribution in [2.75, 3.05) is 39.8 Å². The van der Waals surface area contributed by atoms with E-state index < -0.39 is 0 Å². The van der Waals surface area contributed by atoms with Gasteiger partial charge in [-0.3, -0.25) is 14.5 Å². The van der Waals surface area contributed by atoms with Gasteiger partial charge < -0.3 is 9.80 Å². The van der Waals surface area contributed by atoms with Crippen LogP contribution in [-0.2, 0) is 4.79 Å². The Morgan fingerprint density at radius 3 is 2.36 bits per heavy atom. The zero-order valence-corrected chi connectivity index (χ0v) is 19.5. The summed E-state index contributed by atoms with van der Waals surface area (Å²) in [7, 11) is 1.78. The molecule has 3 aromatic rings. The second-order valence-corrected chi connectivity index (χ2v) is 9.36. The van der Waals surface area contributed by atoms with Crippen LogP contribution in [0.3, 0.4) is 0 Å². The van der Waals surface area contributed by atoms with E-state index in [2.05, 4.69) is 54.3 Å². The summed E-state index contributed by atoms with van der Waals surface area (Å²) >= 11 is 0. The zero-order chi connectivity index (χ0) is 22.9. The molecule has 2 fully saturated rings. The number of piperazine rings is 1. The number of amides is 2. The lowest BCUT2D eigenvalue weighted by Gasteiger charge is -2.32. The summed E-state index contributed by atoms with van der Waals surface area (Å²) in [4.78, 5) is 30.8. The topological polar surface area (TPSA) is 43.9 Å². The van der Waals surface area contributed by atoms with E-state index in [9.17, 15) is 9.59 Å². The molecule has 0 spiro atoms. The Kier molecular flexibility index (Phi) is 5.90. The van der Waals surface area contributed by atoms with Crippen LogP contribution >= 0.6 is 0 Å². The summed E-state index contributed by atoms with van der Waals surface area (Å²) < 4.78 is 0. The molecule has 2 saturated heterocycles. The Bertz CT molecular complexity index is 1200. The number of likely N-dealkylation sites (N-methyl/N-ethyl adjacent to an activating group) is 1. The molecule has 1 atom stereocenters. The maximum absolute atomic E-state index is 12.9. The van der Waals surface area contributed by atoms with E-state index in [-0.39, 0.29) is 18.4 Å². The summed E-state index contributed by atoms with van der Waals surface area (Å²) in [6, 6.07) is 21.6. The number of carbonyl (C=O) groups is 2. The number of benzene rings is 3. The van der Waals surface area contributed by atoms with Crippen LogP contribution in [0, 0.1) is 0 Å². The van der Waals surface area contributed by atoms with Gasteiger partial charge in [0.05, 0.1) is 0 Å². The number of rotatable bonds is 4. The average molecular weight is 442 g/mol. The first-order valence-electron chi connectivity index (χ1n) is 11.9. The smallest absolute Gasteiger partial charge is 0.254 e. The molecule has 0 aromatic heterocycles. The summed E-state index contributed by atoms with van der Waals surface area (Å²) in [5.41, 5.74) is 4.39. The van der Waals surface area contributed by atoms with E-state index in [0.29, 0.717) is 24.7 Å². The minimum atomic E-state index is -0.0778. The first kappa shape index (κ1) is 21.7. The van der Waals surface area contributed by atoms with Gasteiger partial charge in [-0.1, -0.05) is 36.4 Å². The molecule has 0 radical (unpaired) electrons. The largest absolute Gasteiger partial charge is 0.342 e. The molecule has 0 saturated carbocycles. The van der Waals surface area contributed by atoms with Crippen molar-refractivity contribution in [2.45, 2.75) is 25.8 Å². The molecule has 0 aliphatic carbocycles. The normalized spacial score (nSPS) is 18.2. The van der Waals surface area contributed by atoms with Gasteiger partial charge in [-0.05, 0) is 84.6 Å². The van der Waals surface area contributed by atoms with Gasteiger partial charge >= 0.3 is 0 Å². The summed E-state index contributed by atoms with van der Waals surface area (Å²) in [5.74, 6) is -0.0904. The molecule has 2 amide bonds. The number of carbonyl (C=O) groups excluding carboxylic acids is 2. The van der Waals surface area contributed by atoms with Crippen molar-refractivity contribution in [3.63, 3.8) is 0 Å².